The van der Waals surface area contributed by atoms with E-state index >= 15 is 0 Å². The number of piperidine rings is 1. The number of imidazole rings is 1. The van der Waals surface area contributed by atoms with Crippen LogP contribution < -0.4 is 20.4 Å². The molecule has 3 aromatic heterocycles. The molecule has 4 amide bonds. The third-order valence-corrected chi connectivity index (χ3v) is 11.0. The maximum absolute atomic E-state index is 14.5. The molecule has 3 saturated heterocycles. The van der Waals surface area contributed by atoms with Crippen molar-refractivity contribution in [3.05, 3.63) is 113 Å². The van der Waals surface area contributed by atoms with Gasteiger partial charge in [0.2, 0.25) is 5.91 Å². The molecule has 3 aliphatic heterocycles. The SMILES string of the molecule is Cc1ccc(C(=O)Nc2ccc(N3CCN(C4CCN(Cc5ccc(N6CCC(=O)NC6=O)cn5)CC4)CC3)c(C(F)(F)F)c2)cc1C#Cc1cnc2cccnn12. The number of rotatable bonds is 7. The molecule has 0 spiro atoms. The first-order valence-electron chi connectivity index (χ1n) is 19.2. The van der Waals surface area contributed by atoms with Gasteiger partial charge in [0.25, 0.3) is 5.91 Å². The van der Waals surface area contributed by atoms with E-state index < -0.39 is 23.7 Å². The molecule has 5 aromatic rings. The smallest absolute Gasteiger partial charge is 0.368 e. The van der Waals surface area contributed by atoms with Crippen LogP contribution in [-0.2, 0) is 17.5 Å². The zero-order valence-corrected chi connectivity index (χ0v) is 31.8. The number of benzene rings is 2. The summed E-state index contributed by atoms with van der Waals surface area (Å²) in [6.45, 7) is 6.79. The minimum atomic E-state index is -4.63. The van der Waals surface area contributed by atoms with Crippen LogP contribution in [0.1, 0.15) is 57.7 Å². The number of nitrogens with one attached hydrogen (secondary N) is 2. The van der Waals surface area contributed by atoms with Crippen LogP contribution >= 0.6 is 0 Å². The summed E-state index contributed by atoms with van der Waals surface area (Å²) in [6.07, 6.45) is 2.41. The number of amides is 4. The van der Waals surface area contributed by atoms with Crippen LogP contribution in [0.25, 0.3) is 5.65 Å². The Hall–Kier alpha value is -6.31. The molecule has 58 heavy (non-hydrogen) atoms. The first kappa shape index (κ1) is 38.6. The molecule has 0 aliphatic carbocycles. The number of pyridine rings is 1. The fourth-order valence-electron chi connectivity index (χ4n) is 7.74. The molecule has 3 aliphatic rings. The van der Waals surface area contributed by atoms with Crippen LogP contribution in [-0.4, -0.2) is 99.1 Å². The maximum atomic E-state index is 14.5. The summed E-state index contributed by atoms with van der Waals surface area (Å²) in [5.41, 5.74) is 3.82. The molecule has 6 heterocycles. The molecule has 2 aromatic carbocycles. The average molecular weight is 791 g/mol. The number of carbonyl (C=O) groups excluding carboxylic acids is 3. The number of hydrogen-bond acceptors (Lipinski definition) is 9. The van der Waals surface area contributed by atoms with E-state index in [0.717, 1.165) is 43.3 Å². The standard InChI is InChI=1S/C42H41F3N10O3/c1-28-4-5-30(23-29(28)6-9-35-26-47-38-3-2-15-48-55(35)38)40(57)49-31-8-11-37(36(24-31)42(43,44)45)53-21-19-52(20-22-53)33-12-16-51(17-13-33)27-32-7-10-34(25-46-32)54-18-14-39(56)50-41(54)58/h2-5,7-8,10-11,15,23-26,33H,12-14,16-22,27H2,1H3,(H,49,57)(H,50,56,58). The molecule has 298 valence electrons. The fourth-order valence-corrected chi connectivity index (χ4v) is 7.74. The number of aryl methyl sites for hydroxylation is 1. The molecule has 0 atom stereocenters. The zero-order chi connectivity index (χ0) is 40.4. The number of imide groups is 1. The minimum absolute atomic E-state index is 0.0507. The van der Waals surface area contributed by atoms with E-state index in [4.69, 9.17) is 0 Å². The molecule has 16 heteroatoms. The Morgan fingerprint density at radius 3 is 2.47 bits per heavy atom. The maximum Gasteiger partial charge on any atom is 0.418 e. The van der Waals surface area contributed by atoms with Gasteiger partial charge in [-0.05, 0) is 85.8 Å². The number of hydrogen-bond donors (Lipinski definition) is 2. The number of nitrogens with zero attached hydrogens (tertiary/aromatic N) is 8. The van der Waals surface area contributed by atoms with Crippen molar-refractivity contribution in [3.8, 4) is 11.8 Å². The second kappa shape index (κ2) is 16.3. The highest BCUT2D eigenvalue weighted by molar-refractivity contribution is 6.06. The van der Waals surface area contributed by atoms with Gasteiger partial charge in [-0.2, -0.15) is 18.3 Å². The molecule has 0 unspecified atom stereocenters. The van der Waals surface area contributed by atoms with Gasteiger partial charge in [0, 0.05) is 93.5 Å². The topological polar surface area (TPSA) is 131 Å². The molecule has 0 bridgehead atoms. The third-order valence-electron chi connectivity index (χ3n) is 11.0. The van der Waals surface area contributed by atoms with Crippen molar-refractivity contribution in [2.24, 2.45) is 0 Å². The number of anilines is 3. The van der Waals surface area contributed by atoms with Gasteiger partial charge in [-0.25, -0.2) is 14.3 Å². The highest BCUT2D eigenvalue weighted by Gasteiger charge is 2.37. The van der Waals surface area contributed by atoms with Gasteiger partial charge in [-0.1, -0.05) is 12.0 Å². The zero-order valence-electron chi connectivity index (χ0n) is 31.8. The Morgan fingerprint density at radius 2 is 1.72 bits per heavy atom. The second-order valence-corrected chi connectivity index (χ2v) is 14.7. The number of urea groups is 1. The van der Waals surface area contributed by atoms with Crippen molar-refractivity contribution in [2.75, 3.05) is 60.9 Å². The lowest BCUT2D eigenvalue weighted by molar-refractivity contribution is -0.137. The number of alkyl halides is 3. The number of piperazine rings is 1. The van der Waals surface area contributed by atoms with Crippen molar-refractivity contribution < 1.29 is 27.6 Å². The predicted octanol–water partition coefficient (Wildman–Crippen LogP) is 5.34. The molecular weight excluding hydrogens is 750 g/mol. The van der Waals surface area contributed by atoms with Crippen LogP contribution in [0, 0.1) is 18.8 Å². The van der Waals surface area contributed by atoms with Crippen LogP contribution in [0.4, 0.5) is 35.0 Å². The molecule has 13 nitrogen and oxygen atoms in total. The summed E-state index contributed by atoms with van der Waals surface area (Å²) in [5.74, 6) is 5.30. The normalized spacial score (nSPS) is 17.2. The summed E-state index contributed by atoms with van der Waals surface area (Å²) in [7, 11) is 0. The highest BCUT2D eigenvalue weighted by atomic mass is 19.4. The van der Waals surface area contributed by atoms with Gasteiger partial charge in [0.1, 0.15) is 5.69 Å². The molecule has 8 rings (SSSR count). The lowest BCUT2D eigenvalue weighted by Crippen LogP contribution is -2.53. The van der Waals surface area contributed by atoms with E-state index in [9.17, 15) is 27.6 Å². The number of carbonyl (C=O) groups is 3. The van der Waals surface area contributed by atoms with Gasteiger partial charge in [-0.15, -0.1) is 0 Å². The van der Waals surface area contributed by atoms with E-state index in [-0.39, 0.29) is 29.3 Å². The quantitative estimate of drug-likeness (QED) is 0.210. The number of halogens is 3. The molecule has 0 radical (unpaired) electrons. The third kappa shape index (κ3) is 8.50. The fraction of sp³-hybridized carbons (Fsp3) is 0.333. The Bertz CT molecular complexity index is 2410. The van der Waals surface area contributed by atoms with E-state index in [2.05, 4.69) is 47.3 Å². The van der Waals surface area contributed by atoms with Crippen LogP contribution in [0.3, 0.4) is 0 Å². The van der Waals surface area contributed by atoms with Gasteiger partial charge >= 0.3 is 12.2 Å². The molecular formula is C42H41F3N10O3. The van der Waals surface area contributed by atoms with E-state index in [0.29, 0.717) is 67.9 Å². The first-order valence-corrected chi connectivity index (χ1v) is 19.2. The van der Waals surface area contributed by atoms with E-state index in [1.165, 1.54) is 17.0 Å². The van der Waals surface area contributed by atoms with Crippen molar-refractivity contribution in [2.45, 2.75) is 44.9 Å². The molecule has 0 saturated carbocycles. The van der Waals surface area contributed by atoms with Crippen molar-refractivity contribution in [3.63, 3.8) is 0 Å². The minimum Gasteiger partial charge on any atom is -0.368 e. The Morgan fingerprint density at radius 1 is 0.914 bits per heavy atom. The Kier molecular flexibility index (Phi) is 10.8. The monoisotopic (exact) mass is 790 g/mol. The molecule has 3 fully saturated rings. The van der Waals surface area contributed by atoms with Crippen LogP contribution in [0.15, 0.2) is 79.3 Å². The predicted molar refractivity (Wildman–Crippen MR) is 211 cm³/mol. The average Bonchev–Trinajstić information content (AvgIpc) is 3.64. The van der Waals surface area contributed by atoms with Crippen molar-refractivity contribution in [1.29, 1.82) is 0 Å². The second-order valence-electron chi connectivity index (χ2n) is 14.7. The van der Waals surface area contributed by atoms with Crippen LogP contribution in [0.5, 0.6) is 0 Å². The summed E-state index contributed by atoms with van der Waals surface area (Å²) in [6, 6.07) is 16.2. The van der Waals surface area contributed by atoms with Gasteiger partial charge in [-0.3, -0.25) is 34.6 Å². The summed E-state index contributed by atoms with van der Waals surface area (Å²) >= 11 is 0. The summed E-state index contributed by atoms with van der Waals surface area (Å²) in [4.78, 5) is 53.8. The summed E-state index contributed by atoms with van der Waals surface area (Å²) < 4.78 is 45.2. The van der Waals surface area contributed by atoms with E-state index in [1.807, 2.05) is 25.1 Å². The number of likely N-dealkylation sites (tertiary alicyclic amines) is 1. The summed E-state index contributed by atoms with van der Waals surface area (Å²) in [5, 5.41) is 9.24. The van der Waals surface area contributed by atoms with Gasteiger partial charge in [0.05, 0.1) is 29.3 Å². The first-order chi connectivity index (χ1) is 28.0. The Balaban J connectivity index is 0.853. The lowest BCUT2D eigenvalue weighted by Gasteiger charge is -2.43. The largest absolute Gasteiger partial charge is 0.418 e. The van der Waals surface area contributed by atoms with E-state index in [1.54, 1.807) is 52.3 Å². The number of fused-ring (bicyclic) bond motifs is 1. The van der Waals surface area contributed by atoms with Gasteiger partial charge < -0.3 is 10.2 Å². The van der Waals surface area contributed by atoms with Crippen molar-refractivity contribution >= 4 is 40.6 Å². The highest BCUT2D eigenvalue weighted by Crippen LogP contribution is 2.39. The van der Waals surface area contributed by atoms with Gasteiger partial charge in [0.15, 0.2) is 5.65 Å². The molecule has 2 N–H and O–H groups in total. The number of aromatic nitrogens is 4. The van der Waals surface area contributed by atoms with Crippen molar-refractivity contribution in [1.82, 2.24) is 34.7 Å². The lowest BCUT2D eigenvalue weighted by atomic mass is 10.0. The Labute approximate surface area is 332 Å². The van der Waals surface area contributed by atoms with Crippen LogP contribution in [0.2, 0.25) is 0 Å².